The van der Waals surface area contributed by atoms with Crippen molar-refractivity contribution in [2.75, 3.05) is 5.32 Å². The standard InChI is InChI=1S/C20H18N2O/c1-15(12-17-9-4-3-5-10-17)13-18(14-21)20(23)22-19-11-7-6-8-16(19)2/h3-13H,1-2H3,(H,22,23)/b15-12+,18-13+. The topological polar surface area (TPSA) is 52.9 Å². The second-order valence-corrected chi connectivity index (χ2v) is 5.24. The molecule has 0 aliphatic carbocycles. The largest absolute Gasteiger partial charge is 0.321 e. The number of amides is 1. The Morgan fingerprint density at radius 2 is 1.74 bits per heavy atom. The number of nitrogens with zero attached hydrogens (tertiary/aromatic N) is 1. The first-order chi connectivity index (χ1) is 11.1. The fourth-order valence-electron chi connectivity index (χ4n) is 2.13. The molecule has 23 heavy (non-hydrogen) atoms. The first-order valence-electron chi connectivity index (χ1n) is 7.32. The van der Waals surface area contributed by atoms with E-state index in [-0.39, 0.29) is 5.57 Å². The van der Waals surface area contributed by atoms with Crippen LogP contribution in [0, 0.1) is 18.3 Å². The number of carbonyl (C=O) groups is 1. The second kappa shape index (κ2) is 7.77. The van der Waals surface area contributed by atoms with E-state index in [9.17, 15) is 10.1 Å². The van der Waals surface area contributed by atoms with Crippen molar-refractivity contribution in [3.8, 4) is 6.07 Å². The van der Waals surface area contributed by atoms with Crippen LogP contribution in [0.3, 0.4) is 0 Å². The van der Waals surface area contributed by atoms with Crippen molar-refractivity contribution in [3.05, 3.63) is 82.9 Å². The van der Waals surface area contributed by atoms with E-state index >= 15 is 0 Å². The summed E-state index contributed by atoms with van der Waals surface area (Å²) in [5.41, 5.74) is 3.61. The fraction of sp³-hybridized carbons (Fsp3) is 0.100. The Kier molecular flexibility index (Phi) is 5.49. The molecule has 0 aliphatic heterocycles. The maximum absolute atomic E-state index is 12.3. The minimum Gasteiger partial charge on any atom is -0.321 e. The number of allylic oxidation sites excluding steroid dienone is 2. The predicted molar refractivity (Wildman–Crippen MR) is 93.6 cm³/mol. The van der Waals surface area contributed by atoms with Gasteiger partial charge in [-0.3, -0.25) is 4.79 Å². The molecule has 0 atom stereocenters. The molecule has 0 unspecified atom stereocenters. The van der Waals surface area contributed by atoms with Gasteiger partial charge in [0, 0.05) is 5.69 Å². The van der Waals surface area contributed by atoms with Crippen LogP contribution < -0.4 is 5.32 Å². The van der Waals surface area contributed by atoms with E-state index in [0.29, 0.717) is 5.69 Å². The monoisotopic (exact) mass is 302 g/mol. The zero-order chi connectivity index (χ0) is 16.7. The number of hydrogen-bond donors (Lipinski definition) is 1. The van der Waals surface area contributed by atoms with Gasteiger partial charge < -0.3 is 5.32 Å². The normalized spacial score (nSPS) is 11.7. The minimum absolute atomic E-state index is 0.0814. The highest BCUT2D eigenvalue weighted by Gasteiger charge is 2.10. The van der Waals surface area contributed by atoms with Crippen LogP contribution >= 0.6 is 0 Å². The molecule has 0 aliphatic rings. The lowest BCUT2D eigenvalue weighted by molar-refractivity contribution is -0.112. The number of benzene rings is 2. The summed E-state index contributed by atoms with van der Waals surface area (Å²) in [4.78, 5) is 12.3. The van der Waals surface area contributed by atoms with Crippen molar-refractivity contribution in [1.29, 1.82) is 5.26 Å². The van der Waals surface area contributed by atoms with Gasteiger partial charge in [-0.15, -0.1) is 0 Å². The Hall–Kier alpha value is -3.12. The Balaban J connectivity index is 2.19. The molecule has 2 aromatic carbocycles. The predicted octanol–water partition coefficient (Wildman–Crippen LogP) is 4.49. The van der Waals surface area contributed by atoms with Gasteiger partial charge in [0.2, 0.25) is 0 Å². The molecule has 2 rings (SSSR count). The number of carbonyl (C=O) groups excluding carboxylic acids is 1. The van der Waals surface area contributed by atoms with Crippen molar-refractivity contribution < 1.29 is 4.79 Å². The molecule has 3 nitrogen and oxygen atoms in total. The third kappa shape index (κ3) is 4.69. The first kappa shape index (κ1) is 16.3. The number of nitriles is 1. The number of para-hydroxylation sites is 1. The summed E-state index contributed by atoms with van der Waals surface area (Å²) >= 11 is 0. The van der Waals surface area contributed by atoms with Crippen LogP contribution in [0.4, 0.5) is 5.69 Å². The summed E-state index contributed by atoms with van der Waals surface area (Å²) in [7, 11) is 0. The summed E-state index contributed by atoms with van der Waals surface area (Å²) in [5.74, 6) is -0.400. The molecule has 0 bridgehead atoms. The minimum atomic E-state index is -0.400. The number of anilines is 1. The van der Waals surface area contributed by atoms with E-state index in [1.807, 2.05) is 80.6 Å². The van der Waals surface area contributed by atoms with Gasteiger partial charge >= 0.3 is 0 Å². The van der Waals surface area contributed by atoms with E-state index in [4.69, 9.17) is 0 Å². The van der Waals surface area contributed by atoms with Crippen LogP contribution in [-0.2, 0) is 4.79 Å². The number of hydrogen-bond acceptors (Lipinski definition) is 2. The average Bonchev–Trinajstić information content (AvgIpc) is 2.55. The smallest absolute Gasteiger partial charge is 0.266 e. The van der Waals surface area contributed by atoms with Gasteiger partial charge in [0.15, 0.2) is 0 Å². The molecule has 0 fully saturated rings. The molecule has 0 aromatic heterocycles. The zero-order valence-corrected chi connectivity index (χ0v) is 13.2. The van der Waals surface area contributed by atoms with E-state index in [0.717, 1.165) is 16.7 Å². The van der Waals surface area contributed by atoms with Gasteiger partial charge in [-0.2, -0.15) is 5.26 Å². The van der Waals surface area contributed by atoms with Crippen molar-refractivity contribution in [2.24, 2.45) is 0 Å². The molecule has 0 spiro atoms. The maximum Gasteiger partial charge on any atom is 0.266 e. The Labute approximate surface area is 136 Å². The first-order valence-corrected chi connectivity index (χ1v) is 7.32. The molecular weight excluding hydrogens is 284 g/mol. The summed E-state index contributed by atoms with van der Waals surface area (Å²) in [6.07, 6.45) is 3.53. The summed E-state index contributed by atoms with van der Waals surface area (Å²) in [6.45, 7) is 3.78. The molecule has 0 saturated carbocycles. The Bertz CT molecular complexity index is 796. The molecule has 2 aromatic rings. The van der Waals surface area contributed by atoms with E-state index in [1.54, 1.807) is 6.08 Å². The van der Waals surface area contributed by atoms with Gasteiger partial charge in [0.05, 0.1) is 0 Å². The third-order valence-electron chi connectivity index (χ3n) is 3.32. The van der Waals surface area contributed by atoms with Crippen LogP contribution in [0.2, 0.25) is 0 Å². The van der Waals surface area contributed by atoms with Crippen molar-refractivity contribution in [1.82, 2.24) is 0 Å². The van der Waals surface area contributed by atoms with Crippen molar-refractivity contribution in [3.63, 3.8) is 0 Å². The van der Waals surface area contributed by atoms with Gasteiger partial charge in [-0.1, -0.05) is 54.6 Å². The molecule has 0 heterocycles. The van der Waals surface area contributed by atoms with Crippen molar-refractivity contribution >= 4 is 17.7 Å². The second-order valence-electron chi connectivity index (χ2n) is 5.24. The fourth-order valence-corrected chi connectivity index (χ4v) is 2.13. The Morgan fingerprint density at radius 1 is 1.09 bits per heavy atom. The van der Waals surface area contributed by atoms with Crippen molar-refractivity contribution in [2.45, 2.75) is 13.8 Å². The molecule has 0 saturated heterocycles. The van der Waals surface area contributed by atoms with Gasteiger partial charge in [-0.25, -0.2) is 0 Å². The highest BCUT2D eigenvalue weighted by atomic mass is 16.1. The molecule has 0 radical (unpaired) electrons. The van der Waals surface area contributed by atoms with Crippen LogP contribution in [0.1, 0.15) is 18.1 Å². The third-order valence-corrected chi connectivity index (χ3v) is 3.32. The number of aryl methyl sites for hydroxylation is 1. The van der Waals surface area contributed by atoms with E-state index < -0.39 is 5.91 Å². The number of nitrogens with one attached hydrogen (secondary N) is 1. The lowest BCUT2D eigenvalue weighted by Crippen LogP contribution is -2.14. The lowest BCUT2D eigenvalue weighted by atomic mass is 10.1. The van der Waals surface area contributed by atoms with Crippen LogP contribution in [0.5, 0.6) is 0 Å². The molecule has 3 heteroatoms. The van der Waals surface area contributed by atoms with Gasteiger partial charge in [0.1, 0.15) is 11.6 Å². The summed E-state index contributed by atoms with van der Waals surface area (Å²) in [5, 5.41) is 12.0. The van der Waals surface area contributed by atoms with E-state index in [1.165, 1.54) is 0 Å². The maximum atomic E-state index is 12.3. The van der Waals surface area contributed by atoms with Crippen LogP contribution in [-0.4, -0.2) is 5.91 Å². The van der Waals surface area contributed by atoms with Gasteiger partial charge in [0.25, 0.3) is 5.91 Å². The molecular formula is C20H18N2O. The molecule has 114 valence electrons. The summed E-state index contributed by atoms with van der Waals surface area (Å²) < 4.78 is 0. The van der Waals surface area contributed by atoms with Gasteiger partial charge in [-0.05, 0) is 42.7 Å². The quantitative estimate of drug-likeness (QED) is 0.514. The Morgan fingerprint density at radius 3 is 2.39 bits per heavy atom. The highest BCUT2D eigenvalue weighted by Crippen LogP contribution is 2.15. The van der Waals surface area contributed by atoms with Crippen LogP contribution in [0.25, 0.3) is 6.08 Å². The molecule has 1 N–H and O–H groups in total. The number of rotatable bonds is 4. The summed E-state index contributed by atoms with van der Waals surface area (Å²) in [6, 6.07) is 19.2. The lowest BCUT2D eigenvalue weighted by Gasteiger charge is -2.07. The van der Waals surface area contributed by atoms with Crippen LogP contribution in [0.15, 0.2) is 71.8 Å². The average molecular weight is 302 g/mol. The SMILES string of the molecule is CC(=C\c1ccccc1)/C=C(\C#N)C(=O)Nc1ccccc1C. The van der Waals surface area contributed by atoms with E-state index in [2.05, 4.69) is 5.32 Å². The molecule has 1 amide bonds. The zero-order valence-electron chi connectivity index (χ0n) is 13.2. The highest BCUT2D eigenvalue weighted by molar-refractivity contribution is 6.07.